The molecule has 1 amide bonds. The van der Waals surface area contributed by atoms with Gasteiger partial charge < -0.3 is 14.6 Å². The van der Waals surface area contributed by atoms with Crippen molar-refractivity contribution in [3.05, 3.63) is 30.1 Å². The van der Waals surface area contributed by atoms with Crippen molar-refractivity contribution in [2.45, 2.75) is 25.9 Å². The first-order valence-electron chi connectivity index (χ1n) is 8.70. The van der Waals surface area contributed by atoms with E-state index < -0.39 is 0 Å². The SMILES string of the molecule is CCN1CCOC(C(=O)N(C)CCCc2nc3ccccc3[nH]2)C1. The molecule has 2 aromatic rings. The smallest absolute Gasteiger partial charge is 0.252 e. The van der Waals surface area contributed by atoms with Crippen LogP contribution in [0.4, 0.5) is 0 Å². The number of ether oxygens (including phenoxy) is 1. The molecule has 0 spiro atoms. The molecule has 0 aliphatic carbocycles. The molecule has 1 N–H and O–H groups in total. The zero-order valence-electron chi connectivity index (χ0n) is 14.5. The highest BCUT2D eigenvalue weighted by molar-refractivity contribution is 5.81. The van der Waals surface area contributed by atoms with Crippen molar-refractivity contribution in [1.29, 1.82) is 0 Å². The molecule has 1 unspecified atom stereocenters. The molecule has 130 valence electrons. The summed E-state index contributed by atoms with van der Waals surface area (Å²) in [5, 5.41) is 0. The Kier molecular flexibility index (Phi) is 5.48. The van der Waals surface area contributed by atoms with Gasteiger partial charge in [-0.05, 0) is 25.1 Å². The van der Waals surface area contributed by atoms with E-state index in [9.17, 15) is 4.79 Å². The van der Waals surface area contributed by atoms with E-state index in [-0.39, 0.29) is 12.0 Å². The third-order valence-electron chi connectivity index (χ3n) is 4.59. The highest BCUT2D eigenvalue weighted by Gasteiger charge is 2.27. The lowest BCUT2D eigenvalue weighted by Crippen LogP contribution is -2.50. The molecule has 1 fully saturated rings. The third kappa shape index (κ3) is 3.94. The van der Waals surface area contributed by atoms with Crippen LogP contribution in [0.25, 0.3) is 11.0 Å². The maximum atomic E-state index is 12.5. The van der Waals surface area contributed by atoms with Crippen LogP contribution in [0.2, 0.25) is 0 Å². The van der Waals surface area contributed by atoms with Gasteiger partial charge in [0, 0.05) is 33.1 Å². The number of aryl methyl sites for hydroxylation is 1. The number of hydrogen-bond donors (Lipinski definition) is 1. The van der Waals surface area contributed by atoms with Gasteiger partial charge in [0.15, 0.2) is 0 Å². The normalized spacial score (nSPS) is 18.8. The lowest BCUT2D eigenvalue weighted by molar-refractivity contribution is -0.148. The molecular weight excluding hydrogens is 304 g/mol. The Balaban J connectivity index is 1.47. The van der Waals surface area contributed by atoms with Crippen LogP contribution < -0.4 is 0 Å². The number of morpholine rings is 1. The fourth-order valence-corrected chi connectivity index (χ4v) is 3.10. The number of likely N-dealkylation sites (N-methyl/N-ethyl adjacent to an activating group) is 2. The van der Waals surface area contributed by atoms with E-state index in [1.165, 1.54) is 0 Å². The van der Waals surface area contributed by atoms with Crippen molar-refractivity contribution in [3.8, 4) is 0 Å². The van der Waals surface area contributed by atoms with Gasteiger partial charge in [-0.1, -0.05) is 19.1 Å². The Bertz CT molecular complexity index is 651. The first-order valence-corrected chi connectivity index (χ1v) is 8.70. The van der Waals surface area contributed by atoms with E-state index in [0.717, 1.165) is 42.8 Å². The molecule has 0 saturated carbocycles. The van der Waals surface area contributed by atoms with Gasteiger partial charge in [0.1, 0.15) is 11.9 Å². The van der Waals surface area contributed by atoms with Crippen LogP contribution in [0.15, 0.2) is 24.3 Å². The van der Waals surface area contributed by atoms with Gasteiger partial charge >= 0.3 is 0 Å². The number of nitrogens with one attached hydrogen (secondary N) is 1. The van der Waals surface area contributed by atoms with E-state index in [2.05, 4.69) is 21.8 Å². The van der Waals surface area contributed by atoms with Gasteiger partial charge in [-0.15, -0.1) is 0 Å². The summed E-state index contributed by atoms with van der Waals surface area (Å²) >= 11 is 0. The third-order valence-corrected chi connectivity index (χ3v) is 4.59. The van der Waals surface area contributed by atoms with Crippen LogP contribution in [0, 0.1) is 0 Å². The van der Waals surface area contributed by atoms with Crippen molar-refractivity contribution in [1.82, 2.24) is 19.8 Å². The summed E-state index contributed by atoms with van der Waals surface area (Å²) in [4.78, 5) is 24.4. The van der Waals surface area contributed by atoms with Crippen LogP contribution in [0.1, 0.15) is 19.2 Å². The number of aromatic nitrogens is 2. The Morgan fingerprint density at radius 2 is 2.29 bits per heavy atom. The number of amides is 1. The summed E-state index contributed by atoms with van der Waals surface area (Å²) in [5.74, 6) is 1.06. The van der Waals surface area contributed by atoms with E-state index in [1.54, 1.807) is 4.90 Å². The second-order valence-electron chi connectivity index (χ2n) is 6.32. The summed E-state index contributed by atoms with van der Waals surface area (Å²) in [6.07, 6.45) is 1.39. The van der Waals surface area contributed by atoms with Crippen molar-refractivity contribution >= 4 is 16.9 Å². The fourth-order valence-electron chi connectivity index (χ4n) is 3.10. The zero-order chi connectivity index (χ0) is 16.9. The highest BCUT2D eigenvalue weighted by atomic mass is 16.5. The second kappa shape index (κ2) is 7.77. The number of imidazole rings is 1. The van der Waals surface area contributed by atoms with Crippen LogP contribution in [-0.2, 0) is 16.0 Å². The van der Waals surface area contributed by atoms with Gasteiger partial charge in [-0.2, -0.15) is 0 Å². The molecule has 6 heteroatoms. The van der Waals surface area contributed by atoms with Crippen molar-refractivity contribution in [2.24, 2.45) is 0 Å². The maximum absolute atomic E-state index is 12.5. The summed E-state index contributed by atoms with van der Waals surface area (Å²) < 4.78 is 5.65. The average Bonchev–Trinajstić information content (AvgIpc) is 3.03. The topological polar surface area (TPSA) is 61.5 Å². The summed E-state index contributed by atoms with van der Waals surface area (Å²) in [7, 11) is 1.86. The van der Waals surface area contributed by atoms with Gasteiger partial charge in [-0.25, -0.2) is 4.98 Å². The van der Waals surface area contributed by atoms with Gasteiger partial charge in [0.2, 0.25) is 0 Å². The fraction of sp³-hybridized carbons (Fsp3) is 0.556. The first kappa shape index (κ1) is 16.9. The van der Waals surface area contributed by atoms with Crippen LogP contribution >= 0.6 is 0 Å². The van der Waals surface area contributed by atoms with Gasteiger partial charge in [0.05, 0.1) is 17.6 Å². The zero-order valence-corrected chi connectivity index (χ0v) is 14.5. The van der Waals surface area contributed by atoms with Crippen LogP contribution in [0.3, 0.4) is 0 Å². The molecule has 6 nitrogen and oxygen atoms in total. The van der Waals surface area contributed by atoms with Crippen LogP contribution in [-0.4, -0.2) is 71.6 Å². The molecule has 2 heterocycles. The summed E-state index contributed by atoms with van der Waals surface area (Å²) in [5.41, 5.74) is 2.05. The second-order valence-corrected chi connectivity index (χ2v) is 6.32. The molecule has 1 aliphatic rings. The molecule has 1 atom stereocenters. The maximum Gasteiger partial charge on any atom is 0.252 e. The number of aromatic amines is 1. The number of carbonyl (C=O) groups excluding carboxylic acids is 1. The lowest BCUT2D eigenvalue weighted by Gasteiger charge is -2.33. The quantitative estimate of drug-likeness (QED) is 0.875. The molecule has 1 saturated heterocycles. The van der Waals surface area contributed by atoms with Crippen molar-refractivity contribution in [2.75, 3.05) is 39.8 Å². The molecular formula is C18H26N4O2. The molecule has 0 radical (unpaired) electrons. The monoisotopic (exact) mass is 330 g/mol. The number of rotatable bonds is 6. The van der Waals surface area contributed by atoms with E-state index in [0.29, 0.717) is 19.7 Å². The number of benzene rings is 1. The van der Waals surface area contributed by atoms with Crippen molar-refractivity contribution in [3.63, 3.8) is 0 Å². The van der Waals surface area contributed by atoms with E-state index in [1.807, 2.05) is 31.3 Å². The predicted molar refractivity (Wildman–Crippen MR) is 93.9 cm³/mol. The number of hydrogen-bond acceptors (Lipinski definition) is 4. The van der Waals surface area contributed by atoms with Crippen molar-refractivity contribution < 1.29 is 9.53 Å². The standard InChI is InChI=1S/C18H26N4O2/c1-3-22-11-12-24-16(13-22)18(23)21(2)10-6-9-17-19-14-7-4-5-8-15(14)20-17/h4-5,7-8,16H,3,6,9-13H2,1-2H3,(H,19,20). The number of carbonyl (C=O) groups is 1. The lowest BCUT2D eigenvalue weighted by atomic mass is 10.2. The Labute approximate surface area is 142 Å². The average molecular weight is 330 g/mol. The molecule has 3 rings (SSSR count). The Hall–Kier alpha value is -1.92. The Morgan fingerprint density at radius 1 is 1.46 bits per heavy atom. The molecule has 0 bridgehead atoms. The minimum Gasteiger partial charge on any atom is -0.366 e. The number of fused-ring (bicyclic) bond motifs is 1. The van der Waals surface area contributed by atoms with Gasteiger partial charge in [0.25, 0.3) is 5.91 Å². The Morgan fingerprint density at radius 3 is 3.08 bits per heavy atom. The molecule has 24 heavy (non-hydrogen) atoms. The van der Waals surface area contributed by atoms with Crippen LogP contribution in [0.5, 0.6) is 0 Å². The summed E-state index contributed by atoms with van der Waals surface area (Å²) in [6.45, 7) is 6.03. The molecule has 1 aromatic carbocycles. The highest BCUT2D eigenvalue weighted by Crippen LogP contribution is 2.12. The molecule has 1 aliphatic heterocycles. The summed E-state index contributed by atoms with van der Waals surface area (Å²) in [6, 6.07) is 8.02. The first-order chi connectivity index (χ1) is 11.7. The number of para-hydroxylation sites is 2. The number of nitrogens with zero attached hydrogens (tertiary/aromatic N) is 3. The predicted octanol–water partition coefficient (Wildman–Crippen LogP) is 1.67. The number of H-pyrrole nitrogens is 1. The minimum absolute atomic E-state index is 0.0813. The largest absolute Gasteiger partial charge is 0.366 e. The minimum atomic E-state index is -0.324. The van der Waals surface area contributed by atoms with E-state index in [4.69, 9.17) is 4.74 Å². The van der Waals surface area contributed by atoms with E-state index >= 15 is 0 Å². The van der Waals surface area contributed by atoms with Gasteiger partial charge in [-0.3, -0.25) is 9.69 Å². The molecule has 1 aromatic heterocycles.